The van der Waals surface area contributed by atoms with Crippen molar-refractivity contribution in [2.24, 2.45) is 11.7 Å². The molecule has 0 heterocycles. The van der Waals surface area contributed by atoms with E-state index in [9.17, 15) is 0 Å². The lowest BCUT2D eigenvalue weighted by Gasteiger charge is -2.22. The van der Waals surface area contributed by atoms with Gasteiger partial charge < -0.3 is 15.4 Å². The molecule has 0 radical (unpaired) electrons. The van der Waals surface area contributed by atoms with Crippen molar-refractivity contribution < 1.29 is 4.74 Å². The van der Waals surface area contributed by atoms with Crippen LogP contribution in [0.25, 0.3) is 0 Å². The lowest BCUT2D eigenvalue weighted by Crippen LogP contribution is -2.28. The predicted octanol–water partition coefficient (Wildman–Crippen LogP) is 2.34. The van der Waals surface area contributed by atoms with E-state index in [1.807, 2.05) is 0 Å². The highest BCUT2D eigenvalue weighted by atomic mass is 16.5. The van der Waals surface area contributed by atoms with Crippen molar-refractivity contribution in [1.82, 2.24) is 4.90 Å². The van der Waals surface area contributed by atoms with Gasteiger partial charge in [0.1, 0.15) is 5.75 Å². The van der Waals surface area contributed by atoms with Crippen LogP contribution in [0.2, 0.25) is 0 Å². The van der Waals surface area contributed by atoms with E-state index in [2.05, 4.69) is 44.9 Å². The summed E-state index contributed by atoms with van der Waals surface area (Å²) in [4.78, 5) is 2.33. The van der Waals surface area contributed by atoms with Crippen molar-refractivity contribution in [3.63, 3.8) is 0 Å². The first-order valence-electron chi connectivity index (χ1n) is 6.51. The predicted molar refractivity (Wildman–Crippen MR) is 77.0 cm³/mol. The topological polar surface area (TPSA) is 38.5 Å². The maximum atomic E-state index is 5.66. The normalized spacial score (nSPS) is 12.8. The highest BCUT2D eigenvalue weighted by Gasteiger charge is 2.10. The molecule has 1 atom stereocenters. The Balaban J connectivity index is 2.76. The molecule has 0 aliphatic carbocycles. The number of nitrogens with zero attached hydrogens (tertiary/aromatic N) is 1. The minimum Gasteiger partial charge on any atom is -0.496 e. The van der Waals surface area contributed by atoms with Crippen LogP contribution in [0.1, 0.15) is 23.6 Å². The zero-order valence-corrected chi connectivity index (χ0v) is 12.3. The van der Waals surface area contributed by atoms with Gasteiger partial charge in [-0.05, 0) is 56.1 Å². The maximum Gasteiger partial charge on any atom is 0.122 e. The molecule has 0 aliphatic rings. The van der Waals surface area contributed by atoms with Gasteiger partial charge in [-0.25, -0.2) is 0 Å². The smallest absolute Gasteiger partial charge is 0.122 e. The molecule has 1 unspecified atom stereocenters. The maximum absolute atomic E-state index is 5.66. The van der Waals surface area contributed by atoms with Gasteiger partial charge in [0.15, 0.2) is 0 Å². The summed E-state index contributed by atoms with van der Waals surface area (Å²) < 4.78 is 5.34. The van der Waals surface area contributed by atoms with Crippen LogP contribution in [0.3, 0.4) is 0 Å². The molecule has 3 heteroatoms. The number of ether oxygens (including phenoxy) is 1. The van der Waals surface area contributed by atoms with E-state index in [1.165, 1.54) is 16.7 Å². The minimum absolute atomic E-state index is 0.537. The Hall–Kier alpha value is -1.06. The molecule has 102 valence electrons. The summed E-state index contributed by atoms with van der Waals surface area (Å²) in [6.07, 6.45) is 0. The van der Waals surface area contributed by atoms with Crippen molar-refractivity contribution in [2.45, 2.75) is 27.3 Å². The SMILES string of the molecule is COc1ccc(CN(C)CC(C)CN)c(C)c1C. The zero-order valence-electron chi connectivity index (χ0n) is 12.3. The van der Waals surface area contributed by atoms with Crippen LogP contribution in [0.15, 0.2) is 12.1 Å². The van der Waals surface area contributed by atoms with Crippen LogP contribution in [0, 0.1) is 19.8 Å². The summed E-state index contributed by atoms with van der Waals surface area (Å²) in [5, 5.41) is 0. The van der Waals surface area contributed by atoms with Gasteiger partial charge >= 0.3 is 0 Å². The largest absolute Gasteiger partial charge is 0.496 e. The summed E-state index contributed by atoms with van der Waals surface area (Å²) in [6, 6.07) is 4.21. The molecule has 0 bridgehead atoms. The molecule has 0 saturated heterocycles. The standard InChI is InChI=1S/C15H26N2O/c1-11(8-16)9-17(4)10-14-6-7-15(18-5)13(3)12(14)2/h6-7,11H,8-10,16H2,1-5H3. The van der Waals surface area contributed by atoms with Gasteiger partial charge in [0.2, 0.25) is 0 Å². The van der Waals surface area contributed by atoms with Gasteiger partial charge in [0.25, 0.3) is 0 Å². The molecule has 0 aromatic heterocycles. The number of hydrogen-bond acceptors (Lipinski definition) is 3. The van der Waals surface area contributed by atoms with E-state index < -0.39 is 0 Å². The van der Waals surface area contributed by atoms with Gasteiger partial charge in [0.05, 0.1) is 7.11 Å². The fourth-order valence-corrected chi connectivity index (χ4v) is 2.21. The molecule has 1 aromatic rings. The average molecular weight is 250 g/mol. The molecule has 0 fully saturated rings. The monoisotopic (exact) mass is 250 g/mol. The highest BCUT2D eigenvalue weighted by Crippen LogP contribution is 2.24. The molecule has 0 amide bonds. The van der Waals surface area contributed by atoms with E-state index in [0.29, 0.717) is 5.92 Å². The average Bonchev–Trinajstić information content (AvgIpc) is 2.35. The Labute approximate surface area is 111 Å². The molecule has 0 aliphatic heterocycles. The highest BCUT2D eigenvalue weighted by molar-refractivity contribution is 5.43. The van der Waals surface area contributed by atoms with Gasteiger partial charge in [-0.1, -0.05) is 13.0 Å². The summed E-state index contributed by atoms with van der Waals surface area (Å²) >= 11 is 0. The molecule has 1 rings (SSSR count). The fourth-order valence-electron chi connectivity index (χ4n) is 2.21. The van der Waals surface area contributed by atoms with Gasteiger partial charge in [-0.3, -0.25) is 0 Å². The Morgan fingerprint density at radius 1 is 1.28 bits per heavy atom. The van der Waals surface area contributed by atoms with Crippen molar-refractivity contribution >= 4 is 0 Å². The first-order chi connectivity index (χ1) is 8.49. The second-order valence-electron chi connectivity index (χ2n) is 5.21. The lowest BCUT2D eigenvalue weighted by atomic mass is 10.0. The van der Waals surface area contributed by atoms with Crippen LogP contribution in [-0.2, 0) is 6.54 Å². The van der Waals surface area contributed by atoms with Crippen molar-refractivity contribution in [3.05, 3.63) is 28.8 Å². The summed E-state index contributed by atoms with van der Waals surface area (Å²) in [6.45, 7) is 9.18. The Morgan fingerprint density at radius 2 is 1.94 bits per heavy atom. The molecular formula is C15H26N2O. The minimum atomic E-state index is 0.537. The van der Waals surface area contributed by atoms with E-state index in [-0.39, 0.29) is 0 Å². The fraction of sp³-hybridized carbons (Fsp3) is 0.600. The summed E-state index contributed by atoms with van der Waals surface area (Å²) in [5.41, 5.74) is 9.58. The lowest BCUT2D eigenvalue weighted by molar-refractivity contribution is 0.281. The molecule has 0 spiro atoms. The van der Waals surface area contributed by atoms with Crippen molar-refractivity contribution in [3.8, 4) is 5.75 Å². The number of nitrogens with two attached hydrogens (primary N) is 1. The quantitative estimate of drug-likeness (QED) is 0.842. The van der Waals surface area contributed by atoms with Crippen LogP contribution in [-0.4, -0.2) is 32.1 Å². The van der Waals surface area contributed by atoms with Crippen molar-refractivity contribution in [1.29, 1.82) is 0 Å². The Kier molecular flexibility index (Phi) is 5.63. The first-order valence-corrected chi connectivity index (χ1v) is 6.51. The van der Waals surface area contributed by atoms with Crippen LogP contribution < -0.4 is 10.5 Å². The van der Waals surface area contributed by atoms with E-state index >= 15 is 0 Å². The molecular weight excluding hydrogens is 224 g/mol. The zero-order chi connectivity index (χ0) is 13.7. The van der Waals surface area contributed by atoms with Crippen LogP contribution in [0.4, 0.5) is 0 Å². The molecule has 1 aromatic carbocycles. The number of methoxy groups -OCH3 is 1. The third-order valence-electron chi connectivity index (χ3n) is 3.54. The number of benzene rings is 1. The molecule has 3 nitrogen and oxygen atoms in total. The Bertz CT molecular complexity index is 390. The summed E-state index contributed by atoms with van der Waals surface area (Å²) in [5.74, 6) is 1.50. The Morgan fingerprint density at radius 3 is 2.50 bits per heavy atom. The third kappa shape index (κ3) is 3.72. The third-order valence-corrected chi connectivity index (χ3v) is 3.54. The van der Waals surface area contributed by atoms with Crippen molar-refractivity contribution in [2.75, 3.05) is 27.2 Å². The molecule has 2 N–H and O–H groups in total. The van der Waals surface area contributed by atoms with Crippen LogP contribution >= 0.6 is 0 Å². The van der Waals surface area contributed by atoms with Gasteiger partial charge in [0, 0.05) is 13.1 Å². The number of hydrogen-bond donors (Lipinski definition) is 1. The second kappa shape index (κ2) is 6.76. The second-order valence-corrected chi connectivity index (χ2v) is 5.21. The molecule has 0 saturated carbocycles. The first kappa shape index (κ1) is 15.0. The van der Waals surface area contributed by atoms with E-state index in [0.717, 1.165) is 25.4 Å². The number of rotatable bonds is 6. The summed E-state index contributed by atoms with van der Waals surface area (Å²) in [7, 11) is 3.86. The van der Waals surface area contributed by atoms with E-state index in [1.54, 1.807) is 7.11 Å². The van der Waals surface area contributed by atoms with E-state index in [4.69, 9.17) is 10.5 Å². The molecule has 18 heavy (non-hydrogen) atoms. The van der Waals surface area contributed by atoms with Gasteiger partial charge in [-0.2, -0.15) is 0 Å². The van der Waals surface area contributed by atoms with Crippen LogP contribution in [0.5, 0.6) is 5.75 Å². The van der Waals surface area contributed by atoms with Gasteiger partial charge in [-0.15, -0.1) is 0 Å².